The first-order valence-corrected chi connectivity index (χ1v) is 12.9. The molecule has 2 rings (SSSR count). The average Bonchev–Trinajstić information content (AvgIpc) is 2.79. The first-order valence-electron chi connectivity index (χ1n) is 10.4. The van der Waals surface area contributed by atoms with E-state index in [4.69, 9.17) is 10.2 Å². The fourth-order valence-electron chi connectivity index (χ4n) is 3.55. The molecular formula is C24H28F2N2O2Si. The molecule has 1 unspecified atom stereocenters. The lowest BCUT2D eigenvalue weighted by atomic mass is 9.99. The lowest BCUT2D eigenvalue weighted by Crippen LogP contribution is -2.42. The average molecular weight is 443 g/mol. The van der Waals surface area contributed by atoms with Crippen LogP contribution in [-0.2, 0) is 4.43 Å². The summed E-state index contributed by atoms with van der Waals surface area (Å²) in [5, 5.41) is 9.22. The molecule has 0 aromatic heterocycles. The van der Waals surface area contributed by atoms with Crippen LogP contribution in [0.4, 0.5) is 8.78 Å². The molecule has 31 heavy (non-hydrogen) atoms. The van der Waals surface area contributed by atoms with Gasteiger partial charge in [0.05, 0.1) is 11.6 Å². The minimum absolute atomic E-state index is 0.165. The number of alkyl halides is 2. The Hall–Kier alpha value is -2.82. The molecule has 1 amide bonds. The van der Waals surface area contributed by atoms with E-state index < -0.39 is 26.3 Å². The lowest BCUT2D eigenvalue weighted by Gasteiger charge is -2.36. The largest absolute Gasteiger partial charge is 0.404 e. The standard InChI is InChI=1S/C24H28F2N2O2Si/c1-4-31(5-2,6-3)30-22(20-12-9-10-18(16-20)17-27)24(25,26)15-14-19-11-7-8-13-21(19)23(28)29/h7-16,22H,4-6H2,1-3H3,(H2,28,29)/b15-14+. The number of carbonyl (C=O) groups is 1. The second-order valence-corrected chi connectivity index (χ2v) is 12.2. The highest BCUT2D eigenvalue weighted by molar-refractivity contribution is 6.73. The van der Waals surface area contributed by atoms with Crippen LogP contribution in [0.15, 0.2) is 54.6 Å². The smallest absolute Gasteiger partial charge is 0.295 e. The minimum atomic E-state index is -3.38. The number of nitriles is 1. The molecule has 1 atom stereocenters. The number of nitrogens with zero attached hydrogens (tertiary/aromatic N) is 1. The highest BCUT2D eigenvalue weighted by atomic mass is 28.4. The monoisotopic (exact) mass is 442 g/mol. The van der Waals surface area contributed by atoms with Crippen molar-refractivity contribution in [2.45, 2.75) is 50.9 Å². The summed E-state index contributed by atoms with van der Waals surface area (Å²) in [6.07, 6.45) is 0.431. The highest BCUT2D eigenvalue weighted by Gasteiger charge is 2.44. The van der Waals surface area contributed by atoms with E-state index in [1.807, 2.05) is 26.8 Å². The van der Waals surface area contributed by atoms with Gasteiger partial charge in [-0.3, -0.25) is 4.79 Å². The maximum atomic E-state index is 15.6. The molecule has 164 valence electrons. The zero-order valence-corrected chi connectivity index (χ0v) is 19.1. The normalized spacial score (nSPS) is 13.2. The molecule has 0 aliphatic heterocycles. The van der Waals surface area contributed by atoms with E-state index in [2.05, 4.69) is 0 Å². The summed E-state index contributed by atoms with van der Waals surface area (Å²) in [5.41, 5.74) is 6.39. The summed E-state index contributed by atoms with van der Waals surface area (Å²) in [5.74, 6) is -4.07. The number of benzene rings is 2. The summed E-state index contributed by atoms with van der Waals surface area (Å²) in [4.78, 5) is 11.6. The van der Waals surface area contributed by atoms with E-state index in [1.54, 1.807) is 36.4 Å². The van der Waals surface area contributed by atoms with Crippen molar-refractivity contribution in [1.82, 2.24) is 0 Å². The summed E-state index contributed by atoms with van der Waals surface area (Å²) in [6.45, 7) is 5.91. The van der Waals surface area contributed by atoms with Gasteiger partial charge < -0.3 is 10.2 Å². The molecule has 0 saturated carbocycles. The third-order valence-electron chi connectivity index (χ3n) is 5.68. The van der Waals surface area contributed by atoms with Gasteiger partial charge in [-0.1, -0.05) is 57.2 Å². The van der Waals surface area contributed by atoms with Gasteiger partial charge in [0.1, 0.15) is 6.10 Å². The number of hydrogen-bond acceptors (Lipinski definition) is 3. The van der Waals surface area contributed by atoms with E-state index in [1.165, 1.54) is 18.2 Å². The summed E-state index contributed by atoms with van der Waals surface area (Å²) in [7, 11) is -2.41. The summed E-state index contributed by atoms with van der Waals surface area (Å²) in [6, 6.07) is 16.6. The lowest BCUT2D eigenvalue weighted by molar-refractivity contribution is -0.0627. The molecule has 7 heteroatoms. The van der Waals surface area contributed by atoms with E-state index in [-0.39, 0.29) is 11.1 Å². The van der Waals surface area contributed by atoms with Gasteiger partial charge in [-0.2, -0.15) is 14.0 Å². The second-order valence-electron chi connectivity index (χ2n) is 7.44. The maximum Gasteiger partial charge on any atom is 0.295 e. The van der Waals surface area contributed by atoms with Crippen molar-refractivity contribution in [3.8, 4) is 6.07 Å². The molecule has 2 N–H and O–H groups in total. The van der Waals surface area contributed by atoms with Crippen LogP contribution in [-0.4, -0.2) is 20.1 Å². The summed E-state index contributed by atoms with van der Waals surface area (Å²) >= 11 is 0. The molecule has 0 saturated heterocycles. The number of nitrogens with two attached hydrogens (primary N) is 1. The van der Waals surface area contributed by atoms with Gasteiger partial charge in [-0.05, 0) is 53.5 Å². The number of rotatable bonds is 10. The molecule has 0 aliphatic rings. The fraction of sp³-hybridized carbons (Fsp3) is 0.333. The van der Waals surface area contributed by atoms with E-state index in [0.717, 1.165) is 6.08 Å². The molecule has 2 aromatic rings. The zero-order chi connectivity index (χ0) is 23.1. The van der Waals surface area contributed by atoms with Gasteiger partial charge in [0.2, 0.25) is 5.91 Å². The molecular weight excluding hydrogens is 414 g/mol. The summed E-state index contributed by atoms with van der Waals surface area (Å²) < 4.78 is 37.4. The van der Waals surface area contributed by atoms with Crippen LogP contribution < -0.4 is 5.73 Å². The van der Waals surface area contributed by atoms with Gasteiger partial charge in [0.25, 0.3) is 5.92 Å². The van der Waals surface area contributed by atoms with Crippen molar-refractivity contribution >= 4 is 20.3 Å². The first-order chi connectivity index (χ1) is 14.7. The zero-order valence-electron chi connectivity index (χ0n) is 18.1. The SMILES string of the molecule is CC[Si](CC)(CC)OC(c1cccc(C#N)c1)C(F)(F)/C=C/c1ccccc1C(N)=O. The van der Waals surface area contributed by atoms with Crippen molar-refractivity contribution in [3.63, 3.8) is 0 Å². The quantitative estimate of drug-likeness (QED) is 0.454. The Morgan fingerprint density at radius 2 is 1.81 bits per heavy atom. The Bertz CT molecular complexity index is 973. The number of halogens is 2. The molecule has 4 nitrogen and oxygen atoms in total. The van der Waals surface area contributed by atoms with Gasteiger partial charge in [-0.25, -0.2) is 0 Å². The van der Waals surface area contributed by atoms with Crippen molar-refractivity contribution in [2.75, 3.05) is 0 Å². The van der Waals surface area contributed by atoms with Crippen LogP contribution in [0, 0.1) is 11.3 Å². The van der Waals surface area contributed by atoms with Gasteiger partial charge >= 0.3 is 0 Å². The van der Waals surface area contributed by atoms with Crippen LogP contribution in [0.25, 0.3) is 6.08 Å². The fourth-order valence-corrected chi connectivity index (χ4v) is 6.34. The van der Waals surface area contributed by atoms with E-state index in [0.29, 0.717) is 29.3 Å². The van der Waals surface area contributed by atoms with Gasteiger partial charge in [0.15, 0.2) is 8.32 Å². The first kappa shape index (κ1) is 24.4. The molecule has 0 bridgehead atoms. The maximum absolute atomic E-state index is 15.6. The van der Waals surface area contributed by atoms with Gasteiger partial charge in [0, 0.05) is 5.56 Å². The van der Waals surface area contributed by atoms with Crippen LogP contribution in [0.2, 0.25) is 18.1 Å². The minimum Gasteiger partial charge on any atom is -0.404 e. The second kappa shape index (κ2) is 10.5. The van der Waals surface area contributed by atoms with Crippen LogP contribution in [0.1, 0.15) is 53.9 Å². The van der Waals surface area contributed by atoms with Crippen molar-refractivity contribution in [1.29, 1.82) is 5.26 Å². The van der Waals surface area contributed by atoms with Crippen LogP contribution in [0.3, 0.4) is 0 Å². The molecule has 0 fully saturated rings. The van der Waals surface area contributed by atoms with Crippen molar-refractivity contribution in [2.24, 2.45) is 5.73 Å². The Morgan fingerprint density at radius 3 is 2.39 bits per heavy atom. The van der Waals surface area contributed by atoms with Crippen LogP contribution >= 0.6 is 0 Å². The van der Waals surface area contributed by atoms with Gasteiger partial charge in [-0.15, -0.1) is 0 Å². The molecule has 0 heterocycles. The highest BCUT2D eigenvalue weighted by Crippen LogP contribution is 2.41. The number of carbonyl (C=O) groups excluding carboxylic acids is 1. The molecule has 0 radical (unpaired) electrons. The van der Waals surface area contributed by atoms with E-state index >= 15 is 8.78 Å². The number of primary amides is 1. The number of hydrogen-bond donors (Lipinski definition) is 1. The topological polar surface area (TPSA) is 76.1 Å². The Morgan fingerprint density at radius 1 is 1.16 bits per heavy atom. The van der Waals surface area contributed by atoms with Crippen molar-refractivity contribution < 1.29 is 18.0 Å². The van der Waals surface area contributed by atoms with E-state index in [9.17, 15) is 10.1 Å². The Labute approximate surface area is 183 Å². The van der Waals surface area contributed by atoms with Crippen molar-refractivity contribution in [3.05, 3.63) is 76.9 Å². The Kier molecular flexibility index (Phi) is 8.26. The van der Waals surface area contributed by atoms with Crippen LogP contribution in [0.5, 0.6) is 0 Å². The third kappa shape index (κ3) is 5.87. The third-order valence-corrected chi connectivity index (χ3v) is 10.3. The molecule has 0 aliphatic carbocycles. The Balaban J connectivity index is 2.53. The molecule has 0 spiro atoms. The predicted molar refractivity (Wildman–Crippen MR) is 121 cm³/mol. The molecule has 2 aromatic carbocycles. The number of amides is 1. The predicted octanol–water partition coefficient (Wildman–Crippen LogP) is 6.07.